The molecule has 44 heavy (non-hydrogen) atoms. The lowest BCUT2D eigenvalue weighted by Gasteiger charge is -2.32. The number of aliphatic hydroxyl groups is 1. The van der Waals surface area contributed by atoms with Crippen LogP contribution >= 0.6 is 0 Å². The Kier molecular flexibility index (Phi) is 7.19. The molecule has 2 atom stereocenters. The second-order valence-electron chi connectivity index (χ2n) is 10.9. The zero-order valence-corrected chi connectivity index (χ0v) is 23.6. The first-order valence-electron chi connectivity index (χ1n) is 13.6. The van der Waals surface area contributed by atoms with Gasteiger partial charge in [0.1, 0.15) is 36.3 Å². The second kappa shape index (κ2) is 10.8. The van der Waals surface area contributed by atoms with Crippen LogP contribution in [0.1, 0.15) is 41.4 Å². The molecule has 230 valence electrons. The highest BCUT2D eigenvalue weighted by molar-refractivity contribution is 5.95. The minimum absolute atomic E-state index is 0.00276. The maximum absolute atomic E-state index is 14.8. The predicted molar refractivity (Wildman–Crippen MR) is 147 cm³/mol. The molecule has 1 fully saturated rings. The van der Waals surface area contributed by atoms with Crippen LogP contribution in [-0.4, -0.2) is 63.3 Å². The summed E-state index contributed by atoms with van der Waals surface area (Å²) in [6.45, 7) is 0.429. The van der Waals surface area contributed by atoms with Gasteiger partial charge in [-0.3, -0.25) is 4.79 Å². The van der Waals surface area contributed by atoms with E-state index in [4.69, 9.17) is 14.2 Å². The number of methoxy groups -OCH3 is 1. The largest absolute Gasteiger partial charge is 0.493 e. The van der Waals surface area contributed by atoms with Crippen LogP contribution in [0.5, 0.6) is 17.2 Å². The first kappa shape index (κ1) is 29.4. The number of carbonyl (C=O) groups excluding carboxylic acids is 1. The number of benzene rings is 2. The number of aromatic nitrogens is 4. The number of hydrogen-bond donors (Lipinski definition) is 2. The van der Waals surface area contributed by atoms with Crippen LogP contribution < -0.4 is 19.5 Å². The number of fused-ring (bicyclic) bond motifs is 1. The summed E-state index contributed by atoms with van der Waals surface area (Å²) >= 11 is 0. The Morgan fingerprint density at radius 1 is 1.11 bits per heavy atom. The highest BCUT2D eigenvalue weighted by Crippen LogP contribution is 2.48. The number of rotatable bonds is 9. The van der Waals surface area contributed by atoms with Gasteiger partial charge in [-0.05, 0) is 68.3 Å². The summed E-state index contributed by atoms with van der Waals surface area (Å²) in [6.07, 6.45) is -0.657. The van der Waals surface area contributed by atoms with Crippen molar-refractivity contribution in [1.29, 1.82) is 0 Å². The molecule has 0 bridgehead atoms. The molecule has 2 aromatic heterocycles. The Labute approximate surface area is 248 Å². The number of nitrogens with zero attached hydrogens (tertiary/aromatic N) is 4. The molecule has 0 radical (unpaired) electrons. The van der Waals surface area contributed by atoms with Gasteiger partial charge in [-0.25, -0.2) is 9.37 Å². The number of alkyl halides is 3. The van der Waals surface area contributed by atoms with E-state index < -0.39 is 41.3 Å². The predicted octanol–water partition coefficient (Wildman–Crippen LogP) is 4.36. The van der Waals surface area contributed by atoms with Crippen molar-refractivity contribution in [2.75, 3.05) is 20.3 Å². The van der Waals surface area contributed by atoms with E-state index in [0.29, 0.717) is 5.75 Å². The third-order valence-corrected chi connectivity index (χ3v) is 7.80. The zero-order chi connectivity index (χ0) is 31.3. The minimum atomic E-state index is -5.28. The normalized spacial score (nSPS) is 19.1. The summed E-state index contributed by atoms with van der Waals surface area (Å²) in [6, 6.07) is 10.3. The highest BCUT2D eigenvalue weighted by Gasteiger charge is 2.57. The highest BCUT2D eigenvalue weighted by atomic mass is 19.4. The number of nitrogens with one attached hydrogen (secondary N) is 1. The molecule has 1 aliphatic carbocycles. The van der Waals surface area contributed by atoms with Crippen LogP contribution in [-0.2, 0) is 11.1 Å². The van der Waals surface area contributed by atoms with Gasteiger partial charge in [-0.15, -0.1) is 10.2 Å². The molecule has 14 heteroatoms. The number of carbonyl (C=O) groups is 1. The molecule has 2 N–H and O–H groups in total. The Morgan fingerprint density at radius 2 is 1.82 bits per heavy atom. The third-order valence-electron chi connectivity index (χ3n) is 7.80. The third kappa shape index (κ3) is 5.19. The summed E-state index contributed by atoms with van der Waals surface area (Å²) in [4.78, 5) is 17.3. The van der Waals surface area contributed by atoms with Gasteiger partial charge < -0.3 is 29.2 Å². The van der Waals surface area contributed by atoms with Crippen molar-refractivity contribution in [3.63, 3.8) is 0 Å². The van der Waals surface area contributed by atoms with Crippen molar-refractivity contribution in [2.24, 2.45) is 0 Å². The van der Waals surface area contributed by atoms with Gasteiger partial charge in [0.2, 0.25) is 5.60 Å². The summed E-state index contributed by atoms with van der Waals surface area (Å²) in [5, 5.41) is 21.1. The molecule has 2 aromatic carbocycles. The van der Waals surface area contributed by atoms with Crippen molar-refractivity contribution in [1.82, 2.24) is 25.1 Å². The van der Waals surface area contributed by atoms with Gasteiger partial charge >= 0.3 is 6.18 Å². The monoisotopic (exact) mass is 613 g/mol. The molecule has 1 saturated carbocycles. The Bertz CT molecular complexity index is 1700. The second-order valence-corrected chi connectivity index (χ2v) is 10.9. The lowest BCUT2D eigenvalue weighted by molar-refractivity contribution is -0.265. The quantitative estimate of drug-likeness (QED) is 0.267. The number of amides is 1. The van der Waals surface area contributed by atoms with Crippen LogP contribution in [0.3, 0.4) is 0 Å². The first-order valence-corrected chi connectivity index (χ1v) is 13.6. The number of halogens is 4. The Balaban J connectivity index is 1.39. The fourth-order valence-electron chi connectivity index (χ4n) is 4.97. The molecule has 1 amide bonds. The van der Waals surface area contributed by atoms with Crippen molar-refractivity contribution in [3.05, 3.63) is 83.8 Å². The van der Waals surface area contributed by atoms with Crippen molar-refractivity contribution in [3.8, 4) is 28.5 Å². The molecule has 4 aromatic rings. The maximum Gasteiger partial charge on any atom is 0.424 e. The average molecular weight is 614 g/mol. The van der Waals surface area contributed by atoms with E-state index in [1.54, 1.807) is 11.5 Å². The smallest absolute Gasteiger partial charge is 0.424 e. The number of hydrogen-bond acceptors (Lipinski definition) is 8. The number of ether oxygens (including phenoxy) is 3. The molecule has 6 rings (SSSR count). The molecule has 10 nitrogen and oxygen atoms in total. The summed E-state index contributed by atoms with van der Waals surface area (Å²) < 4.78 is 76.6. The first-order chi connectivity index (χ1) is 20.9. The molecule has 0 saturated heterocycles. The fourth-order valence-corrected chi connectivity index (χ4v) is 4.97. The standard InChI is InChI=1S/C30H27F4N5O5/c1-28(39-15-36-37-16-39)14-43-26-21(28)12-24(38-25(26)17-3-6-19(31)7-4-17)29(41,30(32,33)34)13-35-27(40)18-5-10-22(23(11-18)42-2)44-20-8-9-20/h3-7,10-12,15-16,20,41H,8-9,13-14H2,1-2H3,(H,35,40)/t28-,29-/m0/s1. The fraction of sp³-hybridized carbons (Fsp3) is 0.333. The van der Waals surface area contributed by atoms with Crippen LogP contribution in [0.15, 0.2) is 61.2 Å². The van der Waals surface area contributed by atoms with Gasteiger partial charge in [0, 0.05) is 16.7 Å². The molecule has 3 heterocycles. The lowest BCUT2D eigenvalue weighted by Crippen LogP contribution is -2.51. The lowest BCUT2D eigenvalue weighted by atomic mass is 9.88. The topological polar surface area (TPSA) is 121 Å². The minimum Gasteiger partial charge on any atom is -0.493 e. The van der Waals surface area contributed by atoms with Crippen molar-refractivity contribution >= 4 is 5.91 Å². The molecular weight excluding hydrogens is 586 g/mol. The van der Waals surface area contributed by atoms with Gasteiger partial charge in [0.15, 0.2) is 17.2 Å². The van der Waals surface area contributed by atoms with Gasteiger partial charge in [0.25, 0.3) is 5.91 Å². The van der Waals surface area contributed by atoms with E-state index in [2.05, 4.69) is 20.5 Å². The van der Waals surface area contributed by atoms with Crippen molar-refractivity contribution in [2.45, 2.75) is 43.2 Å². The van der Waals surface area contributed by atoms with E-state index >= 15 is 0 Å². The average Bonchev–Trinajstić information content (AvgIpc) is 3.50. The molecule has 0 spiro atoms. The van der Waals surface area contributed by atoms with E-state index in [-0.39, 0.29) is 46.6 Å². The van der Waals surface area contributed by atoms with Gasteiger partial charge in [-0.2, -0.15) is 13.2 Å². The number of pyridine rings is 1. The van der Waals surface area contributed by atoms with Crippen LogP contribution in [0.4, 0.5) is 17.6 Å². The molecule has 2 aliphatic rings. The molecular formula is C30H27F4N5O5. The SMILES string of the molecule is COc1cc(C(=O)NC[C@](O)(c2cc3c(c(-c4ccc(F)cc4)n2)OC[C@]3(C)n2cnnc2)C(F)(F)F)ccc1OC1CC1. The Morgan fingerprint density at radius 3 is 2.45 bits per heavy atom. The van der Waals surface area contributed by atoms with E-state index in [9.17, 15) is 27.5 Å². The van der Waals surface area contributed by atoms with E-state index in [1.807, 2.05) is 0 Å². The van der Waals surface area contributed by atoms with Gasteiger partial charge in [0.05, 0.1) is 25.5 Å². The zero-order valence-electron chi connectivity index (χ0n) is 23.6. The summed E-state index contributed by atoms with van der Waals surface area (Å²) in [5.74, 6) is -0.636. The molecule has 1 aliphatic heterocycles. The summed E-state index contributed by atoms with van der Waals surface area (Å²) in [7, 11) is 1.38. The van der Waals surface area contributed by atoms with Crippen LogP contribution in [0.2, 0.25) is 0 Å². The summed E-state index contributed by atoms with van der Waals surface area (Å²) in [5.41, 5.74) is -5.04. The van der Waals surface area contributed by atoms with E-state index in [0.717, 1.165) is 31.0 Å². The van der Waals surface area contributed by atoms with E-state index in [1.165, 1.54) is 50.1 Å². The van der Waals surface area contributed by atoms with Gasteiger partial charge in [-0.1, -0.05) is 0 Å². The Hall–Kier alpha value is -4.72. The maximum atomic E-state index is 14.8. The van der Waals surface area contributed by atoms with Crippen LogP contribution in [0.25, 0.3) is 11.3 Å². The van der Waals surface area contributed by atoms with Crippen molar-refractivity contribution < 1.29 is 41.7 Å². The molecule has 0 unspecified atom stereocenters. The van der Waals surface area contributed by atoms with Crippen LogP contribution in [0, 0.1) is 5.82 Å².